The van der Waals surface area contributed by atoms with Gasteiger partial charge in [0.15, 0.2) is 0 Å². The second-order valence-corrected chi connectivity index (χ2v) is 9.04. The highest BCUT2D eigenvalue weighted by Gasteiger charge is 2.39. The number of rotatable bonds is 11. The molecule has 0 aliphatic heterocycles. The van der Waals surface area contributed by atoms with E-state index in [1.54, 1.807) is 13.8 Å². The van der Waals surface area contributed by atoms with Crippen LogP contribution in [0.15, 0.2) is 0 Å². The van der Waals surface area contributed by atoms with Crippen molar-refractivity contribution in [1.82, 2.24) is 0 Å². The second-order valence-electron chi connectivity index (χ2n) is 9.04. The van der Waals surface area contributed by atoms with Crippen LogP contribution in [0.25, 0.3) is 0 Å². The Hall–Kier alpha value is -1.10. The van der Waals surface area contributed by atoms with E-state index in [9.17, 15) is 14.7 Å². The maximum absolute atomic E-state index is 12.0. The van der Waals surface area contributed by atoms with Crippen molar-refractivity contribution >= 4 is 11.9 Å². The van der Waals surface area contributed by atoms with Crippen LogP contribution in [0.2, 0.25) is 0 Å². The summed E-state index contributed by atoms with van der Waals surface area (Å²) in [6.07, 6.45) is 1.75. The Morgan fingerprint density at radius 2 is 1.40 bits per heavy atom. The van der Waals surface area contributed by atoms with Gasteiger partial charge in [-0.05, 0) is 32.6 Å². The first-order valence-electron chi connectivity index (χ1n) is 9.23. The molecule has 0 aromatic heterocycles. The van der Waals surface area contributed by atoms with Gasteiger partial charge in [0, 0.05) is 23.7 Å². The van der Waals surface area contributed by atoms with E-state index in [0.717, 1.165) is 0 Å². The lowest BCUT2D eigenvalue weighted by atomic mass is 9.78. The van der Waals surface area contributed by atoms with E-state index in [0.29, 0.717) is 31.8 Å². The van der Waals surface area contributed by atoms with E-state index in [1.165, 1.54) is 0 Å². The number of carbonyl (C=O) groups is 2. The molecule has 25 heavy (non-hydrogen) atoms. The Balaban J connectivity index is 4.09. The number of ether oxygens (including phenoxy) is 2. The molecular formula is C20H38O5. The average Bonchev–Trinajstić information content (AvgIpc) is 2.48. The molecule has 0 unspecified atom stereocenters. The summed E-state index contributed by atoms with van der Waals surface area (Å²) in [6.45, 7) is 16.0. The van der Waals surface area contributed by atoms with Gasteiger partial charge in [-0.3, -0.25) is 9.59 Å². The van der Waals surface area contributed by atoms with E-state index >= 15 is 0 Å². The predicted octanol–water partition coefficient (Wildman–Crippen LogP) is 4.11. The molecule has 5 heteroatoms. The minimum atomic E-state index is -0.750. The minimum Gasteiger partial charge on any atom is -0.465 e. The van der Waals surface area contributed by atoms with E-state index in [2.05, 4.69) is 27.7 Å². The summed E-state index contributed by atoms with van der Waals surface area (Å²) in [5.74, 6) is -0.0914. The minimum absolute atomic E-state index is 0.0371. The first kappa shape index (κ1) is 23.9. The lowest BCUT2D eigenvalue weighted by molar-refractivity contribution is -0.171. The van der Waals surface area contributed by atoms with E-state index < -0.39 is 11.0 Å². The van der Waals surface area contributed by atoms with E-state index in [-0.39, 0.29) is 30.4 Å². The monoisotopic (exact) mass is 358 g/mol. The van der Waals surface area contributed by atoms with Crippen LogP contribution in [-0.4, -0.2) is 35.9 Å². The van der Waals surface area contributed by atoms with Crippen LogP contribution in [0.3, 0.4) is 0 Å². The molecule has 0 spiro atoms. The van der Waals surface area contributed by atoms with E-state index in [1.807, 2.05) is 13.8 Å². The zero-order valence-corrected chi connectivity index (χ0v) is 17.4. The van der Waals surface area contributed by atoms with Crippen molar-refractivity contribution in [2.24, 2.45) is 16.7 Å². The van der Waals surface area contributed by atoms with Gasteiger partial charge in [-0.15, -0.1) is 0 Å². The molecule has 0 fully saturated rings. The number of aliphatic hydroxyl groups excluding tert-OH is 1. The molecule has 0 amide bonds. The summed E-state index contributed by atoms with van der Waals surface area (Å²) < 4.78 is 10.8. The van der Waals surface area contributed by atoms with Crippen LogP contribution in [0.4, 0.5) is 0 Å². The molecule has 148 valence electrons. The van der Waals surface area contributed by atoms with Gasteiger partial charge in [-0.2, -0.15) is 0 Å². The molecule has 0 rings (SSSR count). The largest absolute Gasteiger partial charge is 0.465 e. The molecule has 0 saturated carbocycles. The number of aliphatic hydroxyl groups is 1. The number of hydrogen-bond donors (Lipinski definition) is 1. The third kappa shape index (κ3) is 8.21. The van der Waals surface area contributed by atoms with Crippen molar-refractivity contribution in [2.45, 2.75) is 86.7 Å². The summed E-state index contributed by atoms with van der Waals surface area (Å²) in [6, 6.07) is 0. The first-order chi connectivity index (χ1) is 11.2. The van der Waals surface area contributed by atoms with Crippen molar-refractivity contribution in [2.75, 3.05) is 13.2 Å². The van der Waals surface area contributed by atoms with Crippen LogP contribution in [0.1, 0.15) is 81.1 Å². The molecule has 0 aromatic carbocycles. The van der Waals surface area contributed by atoms with Crippen molar-refractivity contribution in [3.8, 4) is 0 Å². The molecule has 0 aromatic rings. The van der Waals surface area contributed by atoms with Gasteiger partial charge in [0.2, 0.25) is 0 Å². The van der Waals surface area contributed by atoms with Crippen molar-refractivity contribution in [1.29, 1.82) is 0 Å². The van der Waals surface area contributed by atoms with Gasteiger partial charge in [-0.25, -0.2) is 0 Å². The zero-order chi connectivity index (χ0) is 19.9. The third-order valence-corrected chi connectivity index (χ3v) is 5.57. The molecule has 0 aliphatic rings. The third-order valence-electron chi connectivity index (χ3n) is 5.57. The van der Waals surface area contributed by atoms with Gasteiger partial charge < -0.3 is 14.6 Å². The van der Waals surface area contributed by atoms with Gasteiger partial charge in [-0.1, -0.05) is 41.5 Å². The maximum atomic E-state index is 12.0. The Labute approximate surface area is 153 Å². The Morgan fingerprint density at radius 3 is 1.84 bits per heavy atom. The topological polar surface area (TPSA) is 72.8 Å². The lowest BCUT2D eigenvalue weighted by Gasteiger charge is -2.39. The quantitative estimate of drug-likeness (QED) is 0.444. The second kappa shape index (κ2) is 9.56. The standard InChI is InChI=1S/C20H38O5/c1-15(2)18(3,4)14-24-16(22)11-9-10-12-17(23)25-20(7,8)19(5,6)13-21/h15,21H,9-14H2,1-8H3. The highest BCUT2D eigenvalue weighted by atomic mass is 16.6. The van der Waals surface area contributed by atoms with Crippen molar-refractivity contribution < 1.29 is 24.2 Å². The molecule has 5 nitrogen and oxygen atoms in total. The average molecular weight is 359 g/mol. The molecule has 0 heterocycles. The lowest BCUT2D eigenvalue weighted by Crippen LogP contribution is -2.45. The van der Waals surface area contributed by atoms with Crippen LogP contribution < -0.4 is 0 Å². The predicted molar refractivity (Wildman–Crippen MR) is 99.1 cm³/mol. The first-order valence-corrected chi connectivity index (χ1v) is 9.23. The molecular weight excluding hydrogens is 320 g/mol. The van der Waals surface area contributed by atoms with Gasteiger partial charge in [0.1, 0.15) is 5.60 Å². The van der Waals surface area contributed by atoms with Crippen LogP contribution in [-0.2, 0) is 19.1 Å². The summed E-state index contributed by atoms with van der Waals surface area (Å²) in [4.78, 5) is 23.8. The summed E-state index contributed by atoms with van der Waals surface area (Å²) in [7, 11) is 0. The Kier molecular flexibility index (Phi) is 9.14. The summed E-state index contributed by atoms with van der Waals surface area (Å²) >= 11 is 0. The number of carbonyl (C=O) groups excluding carboxylic acids is 2. The van der Waals surface area contributed by atoms with Crippen LogP contribution >= 0.6 is 0 Å². The smallest absolute Gasteiger partial charge is 0.306 e. The molecule has 0 saturated heterocycles. The van der Waals surface area contributed by atoms with Gasteiger partial charge in [0.05, 0.1) is 13.2 Å². The highest BCUT2D eigenvalue weighted by molar-refractivity contribution is 5.71. The van der Waals surface area contributed by atoms with E-state index in [4.69, 9.17) is 9.47 Å². The number of esters is 2. The number of unbranched alkanes of at least 4 members (excludes halogenated alkanes) is 1. The normalized spacial score (nSPS) is 13.0. The van der Waals surface area contributed by atoms with Crippen molar-refractivity contribution in [3.05, 3.63) is 0 Å². The van der Waals surface area contributed by atoms with Crippen LogP contribution in [0, 0.1) is 16.7 Å². The van der Waals surface area contributed by atoms with Gasteiger partial charge in [0.25, 0.3) is 0 Å². The maximum Gasteiger partial charge on any atom is 0.306 e. The number of hydrogen-bond acceptors (Lipinski definition) is 5. The summed E-state index contributed by atoms with van der Waals surface area (Å²) in [5, 5.41) is 9.42. The fraction of sp³-hybridized carbons (Fsp3) is 0.900. The zero-order valence-electron chi connectivity index (χ0n) is 17.4. The fourth-order valence-corrected chi connectivity index (χ4v) is 1.71. The Morgan fingerprint density at radius 1 is 0.920 bits per heavy atom. The Bertz CT molecular complexity index is 435. The molecule has 0 bridgehead atoms. The molecule has 0 radical (unpaired) electrons. The van der Waals surface area contributed by atoms with Crippen LogP contribution in [0.5, 0.6) is 0 Å². The SMILES string of the molecule is CC(C)C(C)(C)COC(=O)CCCCC(=O)OC(C)(C)C(C)(C)CO. The molecule has 1 N–H and O–H groups in total. The molecule has 0 atom stereocenters. The van der Waals surface area contributed by atoms with Crippen molar-refractivity contribution in [3.63, 3.8) is 0 Å². The summed E-state index contributed by atoms with van der Waals surface area (Å²) in [5.41, 5.74) is -1.31. The molecule has 0 aliphatic carbocycles. The fourth-order valence-electron chi connectivity index (χ4n) is 1.71. The highest BCUT2D eigenvalue weighted by Crippen LogP contribution is 2.33. The van der Waals surface area contributed by atoms with Gasteiger partial charge >= 0.3 is 11.9 Å².